The molecule has 16 heavy (non-hydrogen) atoms. The standard InChI is InChI=1S/C11H10Cl2O3/c1-2-16-11(15)5-7-8(6-14)10(13)4-3-9(7)12/h3-4,6H,2,5H2,1H3. The third-order valence-electron chi connectivity index (χ3n) is 1.99. The number of rotatable bonds is 4. The van der Waals surface area contributed by atoms with Crippen molar-refractivity contribution < 1.29 is 14.3 Å². The number of carbonyl (C=O) groups excluding carboxylic acids is 2. The Morgan fingerprint density at radius 2 is 2.00 bits per heavy atom. The van der Waals surface area contributed by atoms with Gasteiger partial charge in [0.05, 0.1) is 18.1 Å². The molecule has 0 aliphatic rings. The molecule has 0 spiro atoms. The van der Waals surface area contributed by atoms with Crippen molar-refractivity contribution in [2.75, 3.05) is 6.61 Å². The zero-order valence-electron chi connectivity index (χ0n) is 8.63. The number of carbonyl (C=O) groups is 2. The molecule has 0 bridgehead atoms. The number of hydrogen-bond acceptors (Lipinski definition) is 3. The first-order chi connectivity index (χ1) is 7.60. The lowest BCUT2D eigenvalue weighted by molar-refractivity contribution is -0.142. The average molecular weight is 261 g/mol. The molecule has 1 aromatic carbocycles. The van der Waals surface area contributed by atoms with E-state index < -0.39 is 5.97 Å². The first-order valence-electron chi connectivity index (χ1n) is 4.67. The molecule has 0 unspecified atom stereocenters. The highest BCUT2D eigenvalue weighted by molar-refractivity contribution is 6.35. The fourth-order valence-electron chi connectivity index (χ4n) is 1.27. The van der Waals surface area contributed by atoms with E-state index >= 15 is 0 Å². The SMILES string of the molecule is CCOC(=O)Cc1c(Cl)ccc(Cl)c1C=O. The van der Waals surface area contributed by atoms with Gasteiger partial charge in [0.1, 0.15) is 0 Å². The molecule has 0 atom stereocenters. The van der Waals surface area contributed by atoms with Crippen LogP contribution in [0.25, 0.3) is 0 Å². The van der Waals surface area contributed by atoms with E-state index in [0.29, 0.717) is 16.9 Å². The molecule has 5 heteroatoms. The maximum absolute atomic E-state index is 11.3. The molecular formula is C11H10Cl2O3. The lowest BCUT2D eigenvalue weighted by Gasteiger charge is -2.08. The second-order valence-corrected chi connectivity index (χ2v) is 3.84. The van der Waals surface area contributed by atoms with Crippen LogP contribution in [0.4, 0.5) is 0 Å². The second kappa shape index (κ2) is 5.87. The molecule has 86 valence electrons. The smallest absolute Gasteiger partial charge is 0.310 e. The predicted molar refractivity (Wildman–Crippen MR) is 62.2 cm³/mol. The normalized spacial score (nSPS) is 9.94. The van der Waals surface area contributed by atoms with Crippen LogP contribution in [0.5, 0.6) is 0 Å². The van der Waals surface area contributed by atoms with E-state index in [1.54, 1.807) is 13.0 Å². The van der Waals surface area contributed by atoms with Crippen LogP contribution in [-0.2, 0) is 16.0 Å². The maximum Gasteiger partial charge on any atom is 0.310 e. The first kappa shape index (κ1) is 13.0. The summed E-state index contributed by atoms with van der Waals surface area (Å²) in [5.41, 5.74) is 0.643. The van der Waals surface area contributed by atoms with E-state index in [2.05, 4.69) is 0 Å². The molecule has 0 amide bonds. The molecule has 0 aliphatic carbocycles. The van der Waals surface area contributed by atoms with Crippen molar-refractivity contribution in [2.45, 2.75) is 13.3 Å². The van der Waals surface area contributed by atoms with Crippen molar-refractivity contribution >= 4 is 35.5 Å². The van der Waals surface area contributed by atoms with Crippen molar-refractivity contribution in [1.82, 2.24) is 0 Å². The van der Waals surface area contributed by atoms with Gasteiger partial charge in [0.15, 0.2) is 6.29 Å². The molecule has 3 nitrogen and oxygen atoms in total. The summed E-state index contributed by atoms with van der Waals surface area (Å²) >= 11 is 11.7. The van der Waals surface area contributed by atoms with Gasteiger partial charge in [0, 0.05) is 10.6 Å². The number of benzene rings is 1. The van der Waals surface area contributed by atoms with Gasteiger partial charge in [-0.25, -0.2) is 0 Å². The second-order valence-electron chi connectivity index (χ2n) is 3.02. The molecule has 0 saturated heterocycles. The van der Waals surface area contributed by atoms with Crippen molar-refractivity contribution in [3.63, 3.8) is 0 Å². The summed E-state index contributed by atoms with van der Waals surface area (Å²) in [6.07, 6.45) is 0.532. The van der Waals surface area contributed by atoms with Crippen molar-refractivity contribution in [3.05, 3.63) is 33.3 Å². The van der Waals surface area contributed by atoms with Gasteiger partial charge in [-0.15, -0.1) is 0 Å². The molecule has 1 aromatic rings. The van der Waals surface area contributed by atoms with E-state index in [1.807, 2.05) is 0 Å². The van der Waals surface area contributed by atoms with E-state index in [4.69, 9.17) is 27.9 Å². The Balaban J connectivity index is 3.06. The Bertz CT molecular complexity index is 416. The predicted octanol–water partition coefficient (Wildman–Crippen LogP) is 2.91. The summed E-state index contributed by atoms with van der Waals surface area (Å²) in [5.74, 6) is -0.435. The zero-order chi connectivity index (χ0) is 12.1. The minimum atomic E-state index is -0.435. The molecule has 0 saturated carbocycles. The summed E-state index contributed by atoms with van der Waals surface area (Å²) in [6, 6.07) is 3.06. The summed E-state index contributed by atoms with van der Waals surface area (Å²) in [7, 11) is 0. The highest BCUT2D eigenvalue weighted by Gasteiger charge is 2.14. The summed E-state index contributed by atoms with van der Waals surface area (Å²) < 4.78 is 4.78. The van der Waals surface area contributed by atoms with Crippen LogP contribution in [-0.4, -0.2) is 18.9 Å². The first-order valence-corrected chi connectivity index (χ1v) is 5.43. The van der Waals surface area contributed by atoms with Gasteiger partial charge in [-0.3, -0.25) is 9.59 Å². The third-order valence-corrected chi connectivity index (χ3v) is 2.67. The molecule has 0 radical (unpaired) electrons. The van der Waals surface area contributed by atoms with Crippen LogP contribution in [0, 0.1) is 0 Å². The fourth-order valence-corrected chi connectivity index (χ4v) is 1.73. The molecule has 0 aromatic heterocycles. The Labute approximate surface area is 103 Å². The van der Waals surface area contributed by atoms with Gasteiger partial charge in [0.25, 0.3) is 0 Å². The number of ether oxygens (including phenoxy) is 1. The number of aldehydes is 1. The lowest BCUT2D eigenvalue weighted by Crippen LogP contribution is -2.10. The molecule has 0 heterocycles. The summed E-state index contributed by atoms with van der Waals surface area (Å²) in [6.45, 7) is 1.99. The fraction of sp³-hybridized carbons (Fsp3) is 0.273. The van der Waals surface area contributed by atoms with Crippen LogP contribution in [0.3, 0.4) is 0 Å². The third kappa shape index (κ3) is 2.97. The molecule has 0 N–H and O–H groups in total. The quantitative estimate of drug-likeness (QED) is 0.618. The van der Waals surface area contributed by atoms with Crippen molar-refractivity contribution in [2.24, 2.45) is 0 Å². The van der Waals surface area contributed by atoms with Crippen LogP contribution in [0.2, 0.25) is 10.0 Å². The summed E-state index contributed by atoms with van der Waals surface area (Å²) in [5, 5.41) is 0.609. The number of halogens is 2. The van der Waals surface area contributed by atoms with Gasteiger partial charge in [0.2, 0.25) is 0 Å². The zero-order valence-corrected chi connectivity index (χ0v) is 10.1. The van der Waals surface area contributed by atoms with Crippen LogP contribution >= 0.6 is 23.2 Å². The van der Waals surface area contributed by atoms with E-state index in [1.165, 1.54) is 6.07 Å². The largest absolute Gasteiger partial charge is 0.466 e. The molecular weight excluding hydrogens is 251 g/mol. The van der Waals surface area contributed by atoms with Gasteiger partial charge in [-0.05, 0) is 24.6 Å². The number of hydrogen-bond donors (Lipinski definition) is 0. The Morgan fingerprint density at radius 1 is 1.38 bits per heavy atom. The van der Waals surface area contributed by atoms with Gasteiger partial charge in [-0.2, -0.15) is 0 Å². The van der Waals surface area contributed by atoms with Crippen LogP contribution in [0.15, 0.2) is 12.1 Å². The topological polar surface area (TPSA) is 43.4 Å². The van der Waals surface area contributed by atoms with Gasteiger partial charge < -0.3 is 4.74 Å². The highest BCUT2D eigenvalue weighted by atomic mass is 35.5. The Hall–Kier alpha value is -1.06. The van der Waals surface area contributed by atoms with Crippen LogP contribution < -0.4 is 0 Å². The Kier molecular flexibility index (Phi) is 4.77. The van der Waals surface area contributed by atoms with Crippen LogP contribution in [0.1, 0.15) is 22.8 Å². The van der Waals surface area contributed by atoms with Crippen molar-refractivity contribution in [1.29, 1.82) is 0 Å². The average Bonchev–Trinajstić information content (AvgIpc) is 2.24. The molecule has 0 fully saturated rings. The molecule has 0 aliphatic heterocycles. The maximum atomic E-state index is 11.3. The highest BCUT2D eigenvalue weighted by Crippen LogP contribution is 2.26. The van der Waals surface area contributed by atoms with E-state index in [-0.39, 0.29) is 23.6 Å². The van der Waals surface area contributed by atoms with E-state index in [0.717, 1.165) is 0 Å². The van der Waals surface area contributed by atoms with Gasteiger partial charge >= 0.3 is 5.97 Å². The van der Waals surface area contributed by atoms with Gasteiger partial charge in [-0.1, -0.05) is 23.2 Å². The number of esters is 1. The monoisotopic (exact) mass is 260 g/mol. The van der Waals surface area contributed by atoms with E-state index in [9.17, 15) is 9.59 Å². The van der Waals surface area contributed by atoms with Crippen molar-refractivity contribution in [3.8, 4) is 0 Å². The lowest BCUT2D eigenvalue weighted by atomic mass is 10.1. The minimum absolute atomic E-state index is 0.0543. The Morgan fingerprint density at radius 3 is 2.56 bits per heavy atom. The minimum Gasteiger partial charge on any atom is -0.466 e. The summed E-state index contributed by atoms with van der Waals surface area (Å²) in [4.78, 5) is 22.1. The molecule has 1 rings (SSSR count).